The first-order valence-electron chi connectivity index (χ1n) is 12.7. The van der Waals surface area contributed by atoms with Crippen molar-refractivity contribution in [3.63, 3.8) is 0 Å². The number of ether oxygens (including phenoxy) is 2. The van der Waals surface area contributed by atoms with E-state index >= 15 is 0 Å². The number of rotatable bonds is 1. The molecule has 5 rings (SSSR count). The highest BCUT2D eigenvalue weighted by Gasteiger charge is 2.39. The molecule has 4 heterocycles. The van der Waals surface area contributed by atoms with Crippen molar-refractivity contribution in [3.05, 3.63) is 29.8 Å². The predicted molar refractivity (Wildman–Crippen MR) is 126 cm³/mol. The molecule has 4 aliphatic heterocycles. The lowest BCUT2D eigenvalue weighted by molar-refractivity contribution is -0.135. The van der Waals surface area contributed by atoms with Crippen LogP contribution in [0, 0.1) is 0 Å². The Morgan fingerprint density at radius 2 is 1.82 bits per heavy atom. The fourth-order valence-electron chi connectivity index (χ4n) is 5.66. The van der Waals surface area contributed by atoms with Gasteiger partial charge in [0.2, 0.25) is 5.91 Å². The number of aliphatic hydroxyl groups excluding tert-OH is 1. The Kier molecular flexibility index (Phi) is 7.34. The molecule has 0 radical (unpaired) electrons. The van der Waals surface area contributed by atoms with E-state index in [2.05, 4.69) is 15.5 Å². The van der Waals surface area contributed by atoms with Crippen molar-refractivity contribution in [3.8, 4) is 5.75 Å². The average molecular weight is 473 g/mol. The number of amides is 2. The first-order valence-corrected chi connectivity index (χ1v) is 12.7. The van der Waals surface area contributed by atoms with Gasteiger partial charge in [-0.05, 0) is 50.9 Å². The van der Waals surface area contributed by atoms with E-state index in [9.17, 15) is 14.7 Å². The van der Waals surface area contributed by atoms with E-state index in [-0.39, 0.29) is 24.5 Å². The van der Waals surface area contributed by atoms with Crippen molar-refractivity contribution in [2.45, 2.75) is 62.5 Å². The third-order valence-electron chi connectivity index (χ3n) is 7.67. The van der Waals surface area contributed by atoms with Gasteiger partial charge >= 0.3 is 0 Å². The molecule has 34 heavy (non-hydrogen) atoms. The van der Waals surface area contributed by atoms with Crippen LogP contribution < -0.4 is 15.4 Å². The molecular weight excluding hydrogens is 436 g/mol. The SMILES string of the molecule is O=C1NC[C@H]2O[C@H](CCOc3ccccc3C(=O)N3CCN(C4CCNCC4)C[C@@H]13)CC[C@@H]2O. The lowest BCUT2D eigenvalue weighted by Gasteiger charge is -2.45. The number of piperazine rings is 1. The van der Waals surface area contributed by atoms with E-state index in [0.717, 1.165) is 38.9 Å². The van der Waals surface area contributed by atoms with Crippen LogP contribution in [0.5, 0.6) is 5.75 Å². The lowest BCUT2D eigenvalue weighted by Crippen LogP contribution is -2.63. The number of carbonyl (C=O) groups excluding carboxylic acids is 2. The van der Waals surface area contributed by atoms with Crippen molar-refractivity contribution >= 4 is 11.8 Å². The predicted octanol–water partition coefficient (Wildman–Crippen LogP) is 0.372. The maximum Gasteiger partial charge on any atom is 0.258 e. The molecule has 9 nitrogen and oxygen atoms in total. The molecule has 2 amide bonds. The number of para-hydroxylation sites is 1. The molecule has 9 heteroatoms. The van der Waals surface area contributed by atoms with Gasteiger partial charge in [0.25, 0.3) is 5.91 Å². The number of piperidine rings is 1. The third-order valence-corrected chi connectivity index (χ3v) is 7.67. The van der Waals surface area contributed by atoms with E-state index in [1.54, 1.807) is 11.0 Å². The fraction of sp³-hybridized carbons (Fsp3) is 0.680. The highest BCUT2D eigenvalue weighted by molar-refractivity contribution is 6.00. The molecule has 3 N–H and O–H groups in total. The largest absolute Gasteiger partial charge is 0.493 e. The zero-order valence-electron chi connectivity index (χ0n) is 19.7. The summed E-state index contributed by atoms with van der Waals surface area (Å²) in [5.41, 5.74) is 0.491. The van der Waals surface area contributed by atoms with Crippen LogP contribution in [0.15, 0.2) is 24.3 Å². The number of hydrogen-bond acceptors (Lipinski definition) is 7. The highest BCUT2D eigenvalue weighted by atomic mass is 16.5. The molecule has 0 spiro atoms. The molecule has 0 aromatic heterocycles. The van der Waals surface area contributed by atoms with Crippen LogP contribution in [0.2, 0.25) is 0 Å². The van der Waals surface area contributed by atoms with Gasteiger partial charge in [-0.2, -0.15) is 0 Å². The minimum atomic E-state index is -0.610. The van der Waals surface area contributed by atoms with Crippen LogP contribution >= 0.6 is 0 Å². The number of nitrogens with one attached hydrogen (secondary N) is 2. The van der Waals surface area contributed by atoms with E-state index < -0.39 is 18.2 Å². The Balaban J connectivity index is 1.42. The van der Waals surface area contributed by atoms with Crippen LogP contribution in [0.25, 0.3) is 0 Å². The Bertz CT molecular complexity index is 877. The van der Waals surface area contributed by atoms with Crippen molar-refractivity contribution in [2.75, 3.05) is 45.9 Å². The second-order valence-corrected chi connectivity index (χ2v) is 9.81. The summed E-state index contributed by atoms with van der Waals surface area (Å²) in [6.07, 6.45) is 3.03. The quantitative estimate of drug-likeness (QED) is 0.543. The molecule has 2 bridgehead atoms. The zero-order chi connectivity index (χ0) is 23.5. The summed E-state index contributed by atoms with van der Waals surface area (Å²) in [7, 11) is 0. The lowest BCUT2D eigenvalue weighted by atomic mass is 9.98. The summed E-state index contributed by atoms with van der Waals surface area (Å²) in [4.78, 5) is 31.2. The summed E-state index contributed by atoms with van der Waals surface area (Å²) in [6.45, 7) is 4.35. The molecule has 1 aromatic carbocycles. The monoisotopic (exact) mass is 472 g/mol. The normalized spacial score (nSPS) is 32.1. The Morgan fingerprint density at radius 3 is 2.68 bits per heavy atom. The number of aliphatic hydroxyl groups is 1. The smallest absolute Gasteiger partial charge is 0.258 e. The van der Waals surface area contributed by atoms with Gasteiger partial charge in [-0.1, -0.05) is 12.1 Å². The van der Waals surface area contributed by atoms with Gasteiger partial charge in [0.15, 0.2) is 0 Å². The van der Waals surface area contributed by atoms with Gasteiger partial charge in [-0.15, -0.1) is 0 Å². The van der Waals surface area contributed by atoms with Crippen molar-refractivity contribution in [1.82, 2.24) is 20.4 Å². The number of fused-ring (bicyclic) bond motifs is 4. The Morgan fingerprint density at radius 1 is 1.00 bits per heavy atom. The molecule has 0 unspecified atom stereocenters. The maximum absolute atomic E-state index is 13.7. The Labute approximate surface area is 200 Å². The van der Waals surface area contributed by atoms with Crippen LogP contribution in [0.3, 0.4) is 0 Å². The minimum Gasteiger partial charge on any atom is -0.493 e. The van der Waals surface area contributed by atoms with E-state index in [1.165, 1.54) is 0 Å². The fourth-order valence-corrected chi connectivity index (χ4v) is 5.66. The summed E-state index contributed by atoms with van der Waals surface area (Å²) in [6, 6.07) is 7.09. The topological polar surface area (TPSA) is 103 Å². The van der Waals surface area contributed by atoms with Crippen LogP contribution in [0.1, 0.15) is 42.5 Å². The second-order valence-electron chi connectivity index (χ2n) is 9.81. The van der Waals surface area contributed by atoms with Crippen molar-refractivity contribution < 1.29 is 24.2 Å². The molecular formula is C25H36N4O5. The molecule has 3 saturated heterocycles. The zero-order valence-corrected chi connectivity index (χ0v) is 19.7. The Hall–Kier alpha value is -2.20. The van der Waals surface area contributed by atoms with Crippen LogP contribution in [0.4, 0.5) is 0 Å². The van der Waals surface area contributed by atoms with Crippen LogP contribution in [-0.2, 0) is 9.53 Å². The third kappa shape index (κ3) is 5.07. The van der Waals surface area contributed by atoms with Gasteiger partial charge in [0, 0.05) is 38.6 Å². The molecule has 4 aliphatic rings. The van der Waals surface area contributed by atoms with Gasteiger partial charge in [0.05, 0.1) is 24.4 Å². The summed E-state index contributed by atoms with van der Waals surface area (Å²) < 4.78 is 12.1. The minimum absolute atomic E-state index is 0.0438. The van der Waals surface area contributed by atoms with Crippen molar-refractivity contribution in [1.29, 1.82) is 0 Å². The number of hydrogen-bond donors (Lipinski definition) is 3. The standard InChI is InChI=1S/C25H36N4O5/c30-21-6-5-18-9-14-33-22-4-2-1-3-19(22)25(32)29-13-12-28(17-7-10-26-11-8-17)16-20(29)24(31)27-15-23(21)34-18/h1-4,17-18,20-21,23,26,30H,5-16H2,(H,27,31)/t18-,20-,21-,23+/m0/s1. The molecule has 0 saturated carbocycles. The molecule has 0 aliphatic carbocycles. The first-order chi connectivity index (χ1) is 16.6. The summed E-state index contributed by atoms with van der Waals surface area (Å²) in [5.74, 6) is 0.173. The van der Waals surface area contributed by atoms with Gasteiger partial charge in [-0.25, -0.2) is 0 Å². The van der Waals surface area contributed by atoms with Crippen LogP contribution in [-0.4, -0.2) is 103 Å². The number of nitrogens with zero attached hydrogens (tertiary/aromatic N) is 2. The molecule has 186 valence electrons. The van der Waals surface area contributed by atoms with E-state index in [0.29, 0.717) is 49.9 Å². The summed E-state index contributed by atoms with van der Waals surface area (Å²) in [5, 5.41) is 16.8. The van der Waals surface area contributed by atoms with Gasteiger partial charge in [0.1, 0.15) is 17.9 Å². The number of carbonyl (C=O) groups is 2. The van der Waals surface area contributed by atoms with E-state index in [1.807, 2.05) is 18.2 Å². The highest BCUT2D eigenvalue weighted by Crippen LogP contribution is 2.27. The molecule has 4 atom stereocenters. The van der Waals surface area contributed by atoms with E-state index in [4.69, 9.17) is 9.47 Å². The second kappa shape index (κ2) is 10.6. The van der Waals surface area contributed by atoms with Gasteiger partial charge < -0.3 is 30.1 Å². The average Bonchev–Trinajstić information content (AvgIpc) is 2.88. The summed E-state index contributed by atoms with van der Waals surface area (Å²) >= 11 is 0. The first kappa shape index (κ1) is 23.5. The van der Waals surface area contributed by atoms with Crippen molar-refractivity contribution in [2.24, 2.45) is 0 Å². The number of benzene rings is 1. The molecule has 1 aromatic rings. The maximum atomic E-state index is 13.7. The van der Waals surface area contributed by atoms with Gasteiger partial charge in [-0.3, -0.25) is 14.5 Å². The molecule has 3 fully saturated rings.